The van der Waals surface area contributed by atoms with E-state index in [1.807, 2.05) is 0 Å². The fourth-order valence-corrected chi connectivity index (χ4v) is 4.65. The Balaban J connectivity index is 2.09. The van der Waals surface area contributed by atoms with Gasteiger partial charge in [-0.3, -0.25) is 9.59 Å². The van der Waals surface area contributed by atoms with Crippen LogP contribution < -0.4 is 0 Å². The van der Waals surface area contributed by atoms with Crippen LogP contribution in [-0.2, 0) is 26.0 Å². The van der Waals surface area contributed by atoms with Crippen molar-refractivity contribution in [3.63, 3.8) is 0 Å². The van der Waals surface area contributed by atoms with Crippen molar-refractivity contribution in [2.75, 3.05) is 12.3 Å². The Hall–Kier alpha value is -1.96. The molecule has 0 unspecified atom stereocenters. The molecule has 8 heteroatoms. The third-order valence-corrected chi connectivity index (χ3v) is 6.24. The molecule has 1 amide bonds. The molecule has 0 spiro atoms. The van der Waals surface area contributed by atoms with Gasteiger partial charge in [0.05, 0.1) is 5.25 Å². The predicted molar refractivity (Wildman–Crippen MR) is 85.5 cm³/mol. The molecule has 0 aliphatic heterocycles. The van der Waals surface area contributed by atoms with E-state index in [1.165, 1.54) is 24.3 Å². The Morgan fingerprint density at radius 1 is 1.17 bits per heavy atom. The van der Waals surface area contributed by atoms with E-state index in [2.05, 4.69) is 0 Å². The number of hydrogen-bond acceptors (Lipinski definition) is 4. The zero-order valence-electron chi connectivity index (χ0n) is 13.2. The Kier molecular flexibility index (Phi) is 5.93. The molecule has 0 heterocycles. The fourth-order valence-electron chi connectivity index (χ4n) is 2.83. The predicted octanol–water partition coefficient (Wildman–Crippen LogP) is 1.60. The molecule has 1 aliphatic carbocycles. The molecule has 24 heavy (non-hydrogen) atoms. The SMILES string of the molecule is O=C(O)CN(Cc1ccc(F)cc1)C(=O)CS(=O)(=O)C1CCCC1. The molecule has 1 N–H and O–H groups in total. The van der Waals surface area contributed by atoms with Crippen molar-refractivity contribution in [2.45, 2.75) is 37.5 Å². The van der Waals surface area contributed by atoms with Gasteiger partial charge in [0.25, 0.3) is 0 Å². The van der Waals surface area contributed by atoms with Crippen LogP contribution in [0, 0.1) is 5.82 Å². The summed E-state index contributed by atoms with van der Waals surface area (Å²) in [6.07, 6.45) is 2.75. The Bertz CT molecular complexity index is 696. The summed E-state index contributed by atoms with van der Waals surface area (Å²) >= 11 is 0. The zero-order chi connectivity index (χ0) is 17.7. The van der Waals surface area contributed by atoms with Crippen molar-refractivity contribution < 1.29 is 27.5 Å². The van der Waals surface area contributed by atoms with Crippen LogP contribution >= 0.6 is 0 Å². The van der Waals surface area contributed by atoms with Crippen molar-refractivity contribution in [3.05, 3.63) is 35.6 Å². The van der Waals surface area contributed by atoms with E-state index in [4.69, 9.17) is 5.11 Å². The van der Waals surface area contributed by atoms with E-state index >= 15 is 0 Å². The maximum absolute atomic E-state index is 12.9. The van der Waals surface area contributed by atoms with Crippen molar-refractivity contribution in [1.82, 2.24) is 4.90 Å². The average molecular weight is 357 g/mol. The number of hydrogen-bond donors (Lipinski definition) is 1. The third kappa shape index (κ3) is 5.02. The zero-order valence-corrected chi connectivity index (χ0v) is 14.0. The highest BCUT2D eigenvalue weighted by molar-refractivity contribution is 7.92. The number of carbonyl (C=O) groups is 2. The van der Waals surface area contributed by atoms with Crippen molar-refractivity contribution in [1.29, 1.82) is 0 Å². The van der Waals surface area contributed by atoms with Gasteiger partial charge in [-0.2, -0.15) is 0 Å². The Morgan fingerprint density at radius 2 is 1.75 bits per heavy atom. The van der Waals surface area contributed by atoms with E-state index in [0.717, 1.165) is 17.7 Å². The summed E-state index contributed by atoms with van der Waals surface area (Å²) in [5.74, 6) is -3.11. The number of sulfone groups is 1. The number of carboxylic acids is 1. The van der Waals surface area contributed by atoms with Crippen molar-refractivity contribution in [2.24, 2.45) is 0 Å². The Labute approximate surface area is 140 Å². The van der Waals surface area contributed by atoms with Crippen molar-refractivity contribution >= 4 is 21.7 Å². The molecule has 0 radical (unpaired) electrons. The van der Waals surface area contributed by atoms with Gasteiger partial charge < -0.3 is 10.0 Å². The number of aliphatic carboxylic acids is 1. The summed E-state index contributed by atoms with van der Waals surface area (Å²) in [6, 6.07) is 5.27. The molecule has 0 aromatic heterocycles. The quantitative estimate of drug-likeness (QED) is 0.800. The number of carbonyl (C=O) groups excluding carboxylic acids is 1. The number of amides is 1. The summed E-state index contributed by atoms with van der Waals surface area (Å²) < 4.78 is 37.5. The van der Waals surface area contributed by atoms with Gasteiger partial charge in [0.15, 0.2) is 9.84 Å². The number of rotatable bonds is 7. The molecule has 0 bridgehead atoms. The van der Waals surface area contributed by atoms with Gasteiger partial charge in [-0.05, 0) is 30.5 Å². The molecule has 1 saturated carbocycles. The summed E-state index contributed by atoms with van der Waals surface area (Å²) in [4.78, 5) is 24.3. The van der Waals surface area contributed by atoms with Crippen LogP contribution in [0.15, 0.2) is 24.3 Å². The molecular formula is C16H20FNO5S. The van der Waals surface area contributed by atoms with E-state index in [-0.39, 0.29) is 6.54 Å². The van der Waals surface area contributed by atoms with Gasteiger partial charge >= 0.3 is 5.97 Å². The maximum Gasteiger partial charge on any atom is 0.323 e. The molecule has 1 aliphatic rings. The molecule has 2 rings (SSSR count). The second-order valence-electron chi connectivity index (χ2n) is 5.98. The molecule has 132 valence electrons. The molecule has 0 saturated heterocycles. The Morgan fingerprint density at radius 3 is 2.29 bits per heavy atom. The lowest BCUT2D eigenvalue weighted by Gasteiger charge is -2.22. The van der Waals surface area contributed by atoms with Gasteiger partial charge in [0, 0.05) is 6.54 Å². The van der Waals surface area contributed by atoms with Crippen LogP contribution in [0.1, 0.15) is 31.2 Å². The average Bonchev–Trinajstić information content (AvgIpc) is 3.03. The molecule has 6 nitrogen and oxygen atoms in total. The normalized spacial score (nSPS) is 15.4. The first-order chi connectivity index (χ1) is 11.3. The standard InChI is InChI=1S/C16H20FNO5S/c17-13-7-5-12(6-8-13)9-18(10-16(20)21)15(19)11-24(22,23)14-3-1-2-4-14/h5-8,14H,1-4,9-11H2,(H,20,21). The number of halogens is 1. The monoisotopic (exact) mass is 357 g/mol. The number of carboxylic acid groups (broad SMARTS) is 1. The first kappa shape index (κ1) is 18.4. The second-order valence-corrected chi connectivity index (χ2v) is 8.26. The minimum atomic E-state index is -3.58. The van der Waals surface area contributed by atoms with Gasteiger partial charge in [0.1, 0.15) is 18.1 Å². The molecule has 1 fully saturated rings. The van der Waals surface area contributed by atoms with Gasteiger partial charge in [0.2, 0.25) is 5.91 Å². The topological polar surface area (TPSA) is 91.8 Å². The number of benzene rings is 1. The summed E-state index contributed by atoms with van der Waals surface area (Å²) in [7, 11) is -3.58. The second kappa shape index (κ2) is 7.74. The molecule has 1 aromatic carbocycles. The van der Waals surface area contributed by atoms with Gasteiger partial charge in [-0.1, -0.05) is 25.0 Å². The highest BCUT2D eigenvalue weighted by Crippen LogP contribution is 2.25. The maximum atomic E-state index is 12.9. The smallest absolute Gasteiger partial charge is 0.323 e. The van der Waals surface area contributed by atoms with Crippen LogP contribution in [0.3, 0.4) is 0 Å². The fraction of sp³-hybridized carbons (Fsp3) is 0.500. The van der Waals surface area contributed by atoms with Crippen LogP contribution in [-0.4, -0.2) is 47.8 Å². The van der Waals surface area contributed by atoms with Crippen LogP contribution in [0.25, 0.3) is 0 Å². The van der Waals surface area contributed by atoms with Crippen LogP contribution in [0.2, 0.25) is 0 Å². The lowest BCUT2D eigenvalue weighted by molar-refractivity contribution is -0.143. The van der Waals surface area contributed by atoms with Gasteiger partial charge in [-0.25, -0.2) is 12.8 Å². The van der Waals surface area contributed by atoms with E-state index < -0.39 is 45.1 Å². The van der Waals surface area contributed by atoms with E-state index in [9.17, 15) is 22.4 Å². The van der Waals surface area contributed by atoms with E-state index in [0.29, 0.717) is 18.4 Å². The first-order valence-corrected chi connectivity index (χ1v) is 9.45. The summed E-state index contributed by atoms with van der Waals surface area (Å²) in [5.41, 5.74) is 0.532. The van der Waals surface area contributed by atoms with Crippen LogP contribution in [0.4, 0.5) is 4.39 Å². The highest BCUT2D eigenvalue weighted by atomic mass is 32.2. The van der Waals surface area contributed by atoms with E-state index in [1.54, 1.807) is 0 Å². The third-order valence-electron chi connectivity index (χ3n) is 4.10. The minimum Gasteiger partial charge on any atom is -0.480 e. The first-order valence-electron chi connectivity index (χ1n) is 7.73. The summed E-state index contributed by atoms with van der Waals surface area (Å²) in [5, 5.41) is 8.45. The molecule has 0 atom stereocenters. The molecular weight excluding hydrogens is 337 g/mol. The molecule has 1 aromatic rings. The lowest BCUT2D eigenvalue weighted by atomic mass is 10.2. The largest absolute Gasteiger partial charge is 0.480 e. The minimum absolute atomic E-state index is 0.0778. The summed E-state index contributed by atoms with van der Waals surface area (Å²) in [6.45, 7) is -0.679. The van der Waals surface area contributed by atoms with Crippen molar-refractivity contribution in [3.8, 4) is 0 Å². The van der Waals surface area contributed by atoms with Gasteiger partial charge in [-0.15, -0.1) is 0 Å². The van der Waals surface area contributed by atoms with Crippen LogP contribution in [0.5, 0.6) is 0 Å². The lowest BCUT2D eigenvalue weighted by Crippen LogP contribution is -2.40. The highest BCUT2D eigenvalue weighted by Gasteiger charge is 2.32. The number of nitrogens with zero attached hydrogens (tertiary/aromatic N) is 1.